The molecule has 0 fully saturated rings. The van der Waals surface area contributed by atoms with Gasteiger partial charge in [-0.05, 0) is 22.9 Å². The fourth-order valence-electron chi connectivity index (χ4n) is 1.01. The Morgan fingerprint density at radius 2 is 1.53 bits per heavy atom. The number of hydrogen-bond donors (Lipinski definition) is 0. The van der Waals surface area contributed by atoms with Gasteiger partial charge in [-0.2, -0.15) is 0 Å². The Morgan fingerprint density at radius 1 is 1.07 bits per heavy atom. The van der Waals surface area contributed by atoms with Gasteiger partial charge < -0.3 is 9.05 Å². The molecule has 0 amide bonds. The zero-order valence-electron chi connectivity index (χ0n) is 7.95. The van der Waals surface area contributed by atoms with Crippen molar-refractivity contribution in [2.24, 2.45) is 0 Å². The predicted molar refractivity (Wildman–Crippen MR) is 63.4 cm³/mol. The van der Waals surface area contributed by atoms with Gasteiger partial charge in [0.25, 0.3) is 0 Å². The van der Waals surface area contributed by atoms with Gasteiger partial charge >= 0.3 is 7.60 Å². The van der Waals surface area contributed by atoms with Crippen LogP contribution in [0.3, 0.4) is 0 Å². The third-order valence-electron chi connectivity index (χ3n) is 1.53. The molecule has 3 nitrogen and oxygen atoms in total. The van der Waals surface area contributed by atoms with Crippen molar-refractivity contribution in [1.29, 1.82) is 0 Å². The third-order valence-corrected chi connectivity index (χ3v) is 3.94. The minimum Gasteiger partial charge on any atom is -0.415 e. The maximum atomic E-state index is 11.9. The molecule has 15 heavy (non-hydrogen) atoms. The zero-order chi connectivity index (χ0) is 10.7. The van der Waals surface area contributed by atoms with Crippen molar-refractivity contribution in [2.45, 2.75) is 0 Å². The molecule has 6 heteroatoms. The molecule has 0 saturated carbocycles. The van der Waals surface area contributed by atoms with Gasteiger partial charge in [0.2, 0.25) is 0 Å². The second kappa shape index (κ2) is 4.39. The van der Waals surface area contributed by atoms with Crippen LogP contribution in [0.1, 0.15) is 0 Å². The summed E-state index contributed by atoms with van der Waals surface area (Å²) < 4.78 is 22.4. The number of rotatable bonds is 4. The molecule has 80 valence electrons. The van der Waals surface area contributed by atoms with E-state index in [9.17, 15) is 4.57 Å². The molecule has 2 aromatic rings. The van der Waals surface area contributed by atoms with Gasteiger partial charge in [-0.3, -0.25) is 0 Å². The summed E-state index contributed by atoms with van der Waals surface area (Å²) >= 11 is 2.98. The highest BCUT2D eigenvalue weighted by Crippen LogP contribution is 2.45. The lowest BCUT2D eigenvalue weighted by Crippen LogP contribution is -1.97. The summed E-state index contributed by atoms with van der Waals surface area (Å²) in [5.74, 6) is 1.17. The lowest BCUT2D eigenvalue weighted by Gasteiger charge is -2.13. The van der Waals surface area contributed by atoms with Crippen LogP contribution in [0.15, 0.2) is 33.7 Å². The third kappa shape index (κ3) is 3.09. The molecule has 0 spiro atoms. The second-order valence-corrected chi connectivity index (χ2v) is 6.34. The van der Waals surface area contributed by atoms with Crippen LogP contribution in [0.4, 0.5) is 0 Å². The summed E-state index contributed by atoms with van der Waals surface area (Å²) in [5, 5.41) is 7.29. The highest BCUT2D eigenvalue weighted by Gasteiger charge is 2.20. The smallest absolute Gasteiger partial charge is 0.415 e. The van der Waals surface area contributed by atoms with Crippen LogP contribution in [0, 0.1) is 0 Å². The van der Waals surface area contributed by atoms with Gasteiger partial charge in [0, 0.05) is 10.8 Å². The van der Waals surface area contributed by atoms with Gasteiger partial charge in [-0.1, -0.05) is 0 Å². The quantitative estimate of drug-likeness (QED) is 0.777. The van der Waals surface area contributed by atoms with Crippen molar-refractivity contribution in [2.75, 3.05) is 6.66 Å². The molecule has 0 N–H and O–H groups in total. The van der Waals surface area contributed by atoms with Crippen molar-refractivity contribution in [3.05, 3.63) is 33.7 Å². The minimum absolute atomic E-state index is 0.584. The molecule has 2 aromatic heterocycles. The van der Waals surface area contributed by atoms with Crippen LogP contribution in [0.25, 0.3) is 0 Å². The molecule has 0 saturated heterocycles. The largest absolute Gasteiger partial charge is 0.427 e. The van der Waals surface area contributed by atoms with E-state index in [-0.39, 0.29) is 0 Å². The summed E-state index contributed by atoms with van der Waals surface area (Å²) in [4.78, 5) is 0. The van der Waals surface area contributed by atoms with E-state index in [1.807, 2.05) is 10.8 Å². The van der Waals surface area contributed by atoms with E-state index in [4.69, 9.17) is 9.05 Å². The summed E-state index contributed by atoms with van der Waals surface area (Å²) in [6.45, 7) is 1.46. The lowest BCUT2D eigenvalue weighted by atomic mass is 10.6. The normalized spacial score (nSPS) is 11.3. The summed E-state index contributed by atoms with van der Waals surface area (Å²) in [7, 11) is -3.06. The average Bonchev–Trinajstić information content (AvgIpc) is 2.75. The molecule has 0 atom stereocenters. The van der Waals surface area contributed by atoms with E-state index in [0.29, 0.717) is 11.5 Å². The highest BCUT2D eigenvalue weighted by atomic mass is 32.1. The molecular formula is C9H9O3PS2. The van der Waals surface area contributed by atoms with Crippen LogP contribution in [0.2, 0.25) is 0 Å². The van der Waals surface area contributed by atoms with E-state index in [1.165, 1.54) is 29.3 Å². The topological polar surface area (TPSA) is 35.5 Å². The van der Waals surface area contributed by atoms with Crippen LogP contribution in [0.5, 0.6) is 11.5 Å². The number of hydrogen-bond acceptors (Lipinski definition) is 5. The Balaban J connectivity index is 2.04. The van der Waals surface area contributed by atoms with Gasteiger partial charge in [-0.25, -0.2) is 4.57 Å². The molecule has 0 aliphatic heterocycles. The van der Waals surface area contributed by atoms with E-state index < -0.39 is 7.60 Å². The highest BCUT2D eigenvalue weighted by molar-refractivity contribution is 7.53. The van der Waals surface area contributed by atoms with E-state index in [1.54, 1.807) is 22.9 Å². The molecule has 0 aromatic carbocycles. The summed E-state index contributed by atoms with van der Waals surface area (Å²) in [5.41, 5.74) is 0. The maximum Gasteiger partial charge on any atom is 0.427 e. The first-order chi connectivity index (χ1) is 7.16. The number of thiophene rings is 2. The Morgan fingerprint density at radius 3 is 1.87 bits per heavy atom. The van der Waals surface area contributed by atoms with Gasteiger partial charge in [-0.15, -0.1) is 22.7 Å². The van der Waals surface area contributed by atoms with Gasteiger partial charge in [0.1, 0.15) is 11.5 Å². The lowest BCUT2D eigenvalue weighted by molar-refractivity contribution is 0.395. The fourth-order valence-corrected chi connectivity index (χ4v) is 3.29. The van der Waals surface area contributed by atoms with Crippen molar-refractivity contribution in [1.82, 2.24) is 0 Å². The van der Waals surface area contributed by atoms with Crippen LogP contribution >= 0.6 is 30.3 Å². The van der Waals surface area contributed by atoms with Crippen molar-refractivity contribution in [3.63, 3.8) is 0 Å². The first-order valence-corrected chi connectivity index (χ1v) is 8.04. The molecule has 2 rings (SSSR count). The van der Waals surface area contributed by atoms with Crippen LogP contribution < -0.4 is 9.05 Å². The Kier molecular flexibility index (Phi) is 3.14. The van der Waals surface area contributed by atoms with Crippen molar-refractivity contribution >= 4 is 30.3 Å². The van der Waals surface area contributed by atoms with E-state index in [0.717, 1.165) is 0 Å². The Labute approximate surface area is 95.8 Å². The maximum absolute atomic E-state index is 11.9. The standard InChI is InChI=1S/C9H9O3PS2/c1-13(10,11-8-2-4-14-6-8)12-9-3-5-15-7-9/h2-7H,1H3. The SMILES string of the molecule is CP(=O)(Oc1ccsc1)Oc1ccsc1. The molecule has 2 heterocycles. The van der Waals surface area contributed by atoms with Gasteiger partial charge in [0.05, 0.1) is 6.66 Å². The molecule has 0 radical (unpaired) electrons. The molecule has 0 unspecified atom stereocenters. The predicted octanol–water partition coefficient (Wildman–Crippen LogP) is 4.09. The summed E-state index contributed by atoms with van der Waals surface area (Å²) in [6.07, 6.45) is 0. The average molecular weight is 260 g/mol. The zero-order valence-corrected chi connectivity index (χ0v) is 10.5. The first-order valence-electron chi connectivity index (χ1n) is 4.17. The van der Waals surface area contributed by atoms with Crippen LogP contribution in [-0.4, -0.2) is 6.66 Å². The first kappa shape index (κ1) is 10.7. The minimum atomic E-state index is -3.06. The molecule has 0 aliphatic rings. The molecule has 0 bridgehead atoms. The molecular weight excluding hydrogens is 251 g/mol. The van der Waals surface area contributed by atoms with E-state index >= 15 is 0 Å². The monoisotopic (exact) mass is 260 g/mol. The Hall–Kier alpha value is -0.770. The Bertz CT molecular complexity index is 409. The summed E-state index contributed by atoms with van der Waals surface area (Å²) in [6, 6.07) is 3.52. The van der Waals surface area contributed by atoms with E-state index in [2.05, 4.69) is 0 Å². The fraction of sp³-hybridized carbons (Fsp3) is 0.111. The van der Waals surface area contributed by atoms with Gasteiger partial charge in [0.15, 0.2) is 0 Å². The van der Waals surface area contributed by atoms with Crippen molar-refractivity contribution < 1.29 is 13.6 Å². The molecule has 0 aliphatic carbocycles. The second-order valence-electron chi connectivity index (χ2n) is 2.87. The van der Waals surface area contributed by atoms with Crippen LogP contribution in [-0.2, 0) is 4.57 Å². The van der Waals surface area contributed by atoms with Crippen molar-refractivity contribution in [3.8, 4) is 11.5 Å².